The molecule has 0 aromatic heterocycles. The second-order valence-corrected chi connectivity index (χ2v) is 7.17. The first-order valence-electron chi connectivity index (χ1n) is 7.18. The number of likely N-dealkylation sites (N-methyl/N-ethyl adjacent to an activating group) is 1. The molecule has 1 rings (SSSR count). The second kappa shape index (κ2) is 8.44. The van der Waals surface area contributed by atoms with Crippen molar-refractivity contribution in [2.45, 2.75) is 20.8 Å². The summed E-state index contributed by atoms with van der Waals surface area (Å²) in [5.74, 6) is 6.24. The quantitative estimate of drug-likeness (QED) is 0.638. The Bertz CT molecular complexity index is 613. The molecular formula is C19H23Cl2N. The van der Waals surface area contributed by atoms with E-state index in [1.807, 2.05) is 25.3 Å². The summed E-state index contributed by atoms with van der Waals surface area (Å²) in [4.78, 5) is 2.17. The number of rotatable bonds is 5. The SMILES string of the molecule is C=C(CN(C)CC=CC#CC(C)(C)C)c1ccc(Cl)c(Cl)c1. The molecule has 1 aromatic rings. The standard InChI is InChI=1S/C19H23Cl2N/c1-15(16-9-10-17(20)18(21)13-16)14-22(5)12-8-6-7-11-19(2,3)4/h6,8-10,13H,1,12,14H2,2-5H3. The van der Waals surface area contributed by atoms with Crippen molar-refractivity contribution in [1.82, 2.24) is 4.90 Å². The van der Waals surface area contributed by atoms with Gasteiger partial charge < -0.3 is 0 Å². The number of hydrogen-bond acceptors (Lipinski definition) is 1. The molecule has 0 fully saturated rings. The van der Waals surface area contributed by atoms with Crippen molar-refractivity contribution >= 4 is 28.8 Å². The third-order valence-corrected chi connectivity index (χ3v) is 3.59. The van der Waals surface area contributed by atoms with Crippen molar-refractivity contribution in [2.24, 2.45) is 5.41 Å². The number of benzene rings is 1. The molecule has 0 unspecified atom stereocenters. The van der Waals surface area contributed by atoms with Crippen LogP contribution in [0.3, 0.4) is 0 Å². The number of hydrogen-bond donors (Lipinski definition) is 0. The lowest BCUT2D eigenvalue weighted by atomic mass is 9.98. The van der Waals surface area contributed by atoms with Gasteiger partial charge in [-0.1, -0.05) is 53.8 Å². The Morgan fingerprint density at radius 3 is 2.55 bits per heavy atom. The van der Waals surface area contributed by atoms with Gasteiger partial charge in [0.1, 0.15) is 0 Å². The molecule has 0 amide bonds. The number of halogens is 2. The van der Waals surface area contributed by atoms with Gasteiger partial charge in [-0.2, -0.15) is 0 Å². The molecule has 0 radical (unpaired) electrons. The first-order chi connectivity index (χ1) is 10.2. The topological polar surface area (TPSA) is 3.24 Å². The lowest BCUT2D eigenvalue weighted by Crippen LogP contribution is -2.20. The zero-order valence-corrected chi connectivity index (χ0v) is 15.2. The van der Waals surface area contributed by atoms with Crippen LogP contribution >= 0.6 is 23.2 Å². The van der Waals surface area contributed by atoms with E-state index in [2.05, 4.69) is 50.2 Å². The Morgan fingerprint density at radius 1 is 1.27 bits per heavy atom. The minimum absolute atomic E-state index is 0.0401. The highest BCUT2D eigenvalue weighted by molar-refractivity contribution is 6.42. The van der Waals surface area contributed by atoms with Gasteiger partial charge in [-0.25, -0.2) is 0 Å². The van der Waals surface area contributed by atoms with Crippen LogP contribution in [0.2, 0.25) is 10.0 Å². The molecule has 0 saturated heterocycles. The average Bonchev–Trinajstić information content (AvgIpc) is 2.40. The Morgan fingerprint density at radius 2 is 1.95 bits per heavy atom. The summed E-state index contributed by atoms with van der Waals surface area (Å²) in [6.45, 7) is 12.0. The molecule has 3 heteroatoms. The highest BCUT2D eigenvalue weighted by atomic mass is 35.5. The summed E-state index contributed by atoms with van der Waals surface area (Å²) in [6, 6.07) is 5.59. The van der Waals surface area contributed by atoms with E-state index in [4.69, 9.17) is 23.2 Å². The Labute approximate surface area is 144 Å². The second-order valence-electron chi connectivity index (χ2n) is 6.35. The predicted octanol–water partition coefficient (Wildman–Crippen LogP) is 5.54. The highest BCUT2D eigenvalue weighted by Gasteiger charge is 2.05. The molecule has 0 spiro atoms. The van der Waals surface area contributed by atoms with Crippen molar-refractivity contribution in [2.75, 3.05) is 20.1 Å². The molecule has 118 valence electrons. The van der Waals surface area contributed by atoms with Crippen LogP contribution in [0.5, 0.6) is 0 Å². The molecule has 0 aliphatic rings. The van der Waals surface area contributed by atoms with Gasteiger partial charge >= 0.3 is 0 Å². The van der Waals surface area contributed by atoms with E-state index in [0.29, 0.717) is 10.0 Å². The molecule has 0 saturated carbocycles. The first-order valence-corrected chi connectivity index (χ1v) is 7.94. The zero-order valence-electron chi connectivity index (χ0n) is 13.7. The van der Waals surface area contributed by atoms with Crippen LogP contribution in [0.15, 0.2) is 36.9 Å². The van der Waals surface area contributed by atoms with Crippen LogP contribution in [-0.2, 0) is 0 Å². The predicted molar refractivity (Wildman–Crippen MR) is 99.4 cm³/mol. The monoisotopic (exact) mass is 335 g/mol. The molecule has 0 heterocycles. The van der Waals surface area contributed by atoms with E-state index in [9.17, 15) is 0 Å². The van der Waals surface area contributed by atoms with Crippen LogP contribution in [0.1, 0.15) is 26.3 Å². The molecule has 0 atom stereocenters. The van der Waals surface area contributed by atoms with Gasteiger partial charge in [-0.3, -0.25) is 4.90 Å². The summed E-state index contributed by atoms with van der Waals surface area (Å²) in [7, 11) is 2.05. The third kappa shape index (κ3) is 7.18. The number of allylic oxidation sites excluding steroid dienone is 1. The molecule has 0 aliphatic heterocycles. The van der Waals surface area contributed by atoms with E-state index >= 15 is 0 Å². The fourth-order valence-electron chi connectivity index (χ4n) is 1.75. The highest BCUT2D eigenvalue weighted by Crippen LogP contribution is 2.25. The van der Waals surface area contributed by atoms with E-state index in [1.54, 1.807) is 6.07 Å². The Kier molecular flexibility index (Phi) is 7.23. The zero-order chi connectivity index (χ0) is 16.8. The molecule has 0 N–H and O–H groups in total. The van der Waals surface area contributed by atoms with Gasteiger partial charge in [0.05, 0.1) is 10.0 Å². The summed E-state index contributed by atoms with van der Waals surface area (Å²) >= 11 is 12.0. The fourth-order valence-corrected chi connectivity index (χ4v) is 2.05. The summed E-state index contributed by atoms with van der Waals surface area (Å²) in [6.07, 6.45) is 3.96. The maximum atomic E-state index is 6.04. The first kappa shape index (κ1) is 18.8. The largest absolute Gasteiger partial charge is 0.298 e. The molecule has 1 aromatic carbocycles. The minimum Gasteiger partial charge on any atom is -0.298 e. The molecule has 22 heavy (non-hydrogen) atoms. The van der Waals surface area contributed by atoms with Crippen molar-refractivity contribution in [3.8, 4) is 11.8 Å². The fraction of sp³-hybridized carbons (Fsp3) is 0.368. The Balaban J connectivity index is 2.52. The smallest absolute Gasteiger partial charge is 0.0598 e. The summed E-state index contributed by atoms with van der Waals surface area (Å²) in [5, 5.41) is 1.12. The summed E-state index contributed by atoms with van der Waals surface area (Å²) < 4.78 is 0. The normalized spacial score (nSPS) is 11.6. The van der Waals surface area contributed by atoms with Crippen LogP contribution < -0.4 is 0 Å². The molecule has 0 bridgehead atoms. The van der Waals surface area contributed by atoms with Crippen molar-refractivity contribution in [3.05, 3.63) is 52.5 Å². The lowest BCUT2D eigenvalue weighted by molar-refractivity contribution is 0.419. The van der Waals surface area contributed by atoms with Crippen molar-refractivity contribution in [3.63, 3.8) is 0 Å². The number of nitrogens with zero attached hydrogens (tertiary/aromatic N) is 1. The maximum absolute atomic E-state index is 6.04. The van der Waals surface area contributed by atoms with Gasteiger partial charge in [0, 0.05) is 18.5 Å². The van der Waals surface area contributed by atoms with Gasteiger partial charge in [0.2, 0.25) is 0 Å². The van der Waals surface area contributed by atoms with E-state index in [1.165, 1.54) is 0 Å². The molecular weight excluding hydrogens is 313 g/mol. The Hall–Kier alpha value is -1.20. The van der Waals surface area contributed by atoms with Gasteiger partial charge in [0.25, 0.3) is 0 Å². The van der Waals surface area contributed by atoms with Gasteiger partial charge in [0.15, 0.2) is 0 Å². The molecule has 1 nitrogen and oxygen atoms in total. The van der Waals surface area contributed by atoms with Crippen molar-refractivity contribution in [1.29, 1.82) is 0 Å². The van der Waals surface area contributed by atoms with Crippen molar-refractivity contribution < 1.29 is 0 Å². The van der Waals surface area contributed by atoms with Crippen LogP contribution in [0, 0.1) is 17.3 Å². The van der Waals surface area contributed by atoms with E-state index < -0.39 is 0 Å². The van der Waals surface area contributed by atoms with Crippen LogP contribution in [0.4, 0.5) is 0 Å². The lowest BCUT2D eigenvalue weighted by Gasteiger charge is -2.16. The van der Waals surface area contributed by atoms with E-state index in [0.717, 1.165) is 24.2 Å². The van der Waals surface area contributed by atoms with Crippen LogP contribution in [0.25, 0.3) is 5.57 Å². The van der Waals surface area contributed by atoms with Crippen LogP contribution in [-0.4, -0.2) is 25.0 Å². The minimum atomic E-state index is 0.0401. The maximum Gasteiger partial charge on any atom is 0.0598 e. The average molecular weight is 336 g/mol. The third-order valence-electron chi connectivity index (χ3n) is 2.85. The van der Waals surface area contributed by atoms with Gasteiger partial charge in [-0.15, -0.1) is 0 Å². The van der Waals surface area contributed by atoms with E-state index in [-0.39, 0.29) is 5.41 Å². The summed E-state index contributed by atoms with van der Waals surface area (Å²) in [5.41, 5.74) is 2.06. The van der Waals surface area contributed by atoms with Gasteiger partial charge in [-0.05, 0) is 57.2 Å². The molecule has 0 aliphatic carbocycles.